The van der Waals surface area contributed by atoms with Crippen LogP contribution in [0.2, 0.25) is 5.02 Å². The van der Waals surface area contributed by atoms with Crippen LogP contribution in [0.1, 0.15) is 18.1 Å². The van der Waals surface area contributed by atoms with Crippen LogP contribution in [-0.4, -0.2) is 9.97 Å². The molecule has 96 valence electrons. The number of H-pyrrole nitrogens is 1. The number of aryl methyl sites for hydroxylation is 2. The van der Waals surface area contributed by atoms with Crippen LogP contribution in [0, 0.1) is 6.92 Å². The molecule has 1 aromatic heterocycles. The first-order valence-electron chi connectivity index (χ1n) is 6.42. The molecule has 1 N–H and O–H groups in total. The van der Waals surface area contributed by atoms with E-state index in [2.05, 4.69) is 42.0 Å². The van der Waals surface area contributed by atoms with Gasteiger partial charge in [-0.25, -0.2) is 4.98 Å². The van der Waals surface area contributed by atoms with Gasteiger partial charge in [-0.3, -0.25) is 0 Å². The summed E-state index contributed by atoms with van der Waals surface area (Å²) in [5.41, 5.74) is 5.60. The first-order valence-corrected chi connectivity index (χ1v) is 6.80. The number of hydrogen-bond acceptors (Lipinski definition) is 1. The highest BCUT2D eigenvalue weighted by Gasteiger charge is 2.08. The van der Waals surface area contributed by atoms with Crippen LogP contribution in [0.3, 0.4) is 0 Å². The zero-order chi connectivity index (χ0) is 13.4. The molecule has 3 aromatic rings. The highest BCUT2D eigenvalue weighted by molar-refractivity contribution is 6.30. The second-order valence-corrected chi connectivity index (χ2v) is 5.19. The number of benzene rings is 2. The summed E-state index contributed by atoms with van der Waals surface area (Å²) in [7, 11) is 0. The molecule has 19 heavy (non-hydrogen) atoms. The Balaban J connectivity index is 2.17. The third-order valence-electron chi connectivity index (χ3n) is 3.41. The van der Waals surface area contributed by atoms with Gasteiger partial charge < -0.3 is 4.98 Å². The average Bonchev–Trinajstić information content (AvgIpc) is 2.83. The zero-order valence-electron chi connectivity index (χ0n) is 11.0. The molecular formula is C16H15ClN2. The summed E-state index contributed by atoms with van der Waals surface area (Å²) < 4.78 is 0. The fraction of sp³-hybridized carbons (Fsp3) is 0.188. The SMILES string of the molecule is CCc1ccc2nc(-c3cc(Cl)ccc3C)[nH]c2c1. The number of nitrogens with zero attached hydrogens (tertiary/aromatic N) is 1. The van der Waals surface area contributed by atoms with Crippen molar-refractivity contribution >= 4 is 22.6 Å². The normalized spacial score (nSPS) is 11.1. The first-order chi connectivity index (χ1) is 9.17. The number of hydrogen-bond donors (Lipinski definition) is 1. The minimum absolute atomic E-state index is 0.732. The van der Waals surface area contributed by atoms with Gasteiger partial charge in [-0.15, -0.1) is 0 Å². The summed E-state index contributed by atoms with van der Waals surface area (Å²) in [6.07, 6.45) is 1.03. The third-order valence-corrected chi connectivity index (χ3v) is 3.64. The van der Waals surface area contributed by atoms with Gasteiger partial charge in [-0.05, 0) is 48.7 Å². The van der Waals surface area contributed by atoms with Gasteiger partial charge in [-0.2, -0.15) is 0 Å². The molecule has 0 atom stereocenters. The lowest BCUT2D eigenvalue weighted by atomic mass is 10.1. The van der Waals surface area contributed by atoms with Gasteiger partial charge in [0, 0.05) is 10.6 Å². The van der Waals surface area contributed by atoms with E-state index in [1.54, 1.807) is 0 Å². The first kappa shape index (κ1) is 12.2. The molecule has 2 nitrogen and oxygen atoms in total. The number of imidazole rings is 1. The summed E-state index contributed by atoms with van der Waals surface area (Å²) in [6, 6.07) is 12.2. The van der Waals surface area contributed by atoms with E-state index in [0.717, 1.165) is 33.9 Å². The number of fused-ring (bicyclic) bond motifs is 1. The monoisotopic (exact) mass is 270 g/mol. The van der Waals surface area contributed by atoms with Gasteiger partial charge >= 0.3 is 0 Å². The molecule has 2 aromatic carbocycles. The Morgan fingerprint density at radius 2 is 2.00 bits per heavy atom. The third kappa shape index (κ3) is 2.24. The van der Waals surface area contributed by atoms with Gasteiger partial charge in [0.15, 0.2) is 0 Å². The smallest absolute Gasteiger partial charge is 0.138 e. The molecule has 0 aliphatic rings. The summed E-state index contributed by atoms with van der Waals surface area (Å²) in [5, 5.41) is 0.732. The molecule has 0 saturated heterocycles. The summed E-state index contributed by atoms with van der Waals surface area (Å²) in [6.45, 7) is 4.22. The number of aromatic nitrogens is 2. The van der Waals surface area contributed by atoms with Gasteiger partial charge in [-0.1, -0.05) is 30.7 Å². The van der Waals surface area contributed by atoms with Crippen LogP contribution in [-0.2, 0) is 6.42 Å². The minimum atomic E-state index is 0.732. The van der Waals surface area contributed by atoms with E-state index < -0.39 is 0 Å². The van der Waals surface area contributed by atoms with Crippen molar-refractivity contribution in [2.45, 2.75) is 20.3 Å². The molecular weight excluding hydrogens is 256 g/mol. The fourth-order valence-electron chi connectivity index (χ4n) is 2.25. The Morgan fingerprint density at radius 3 is 2.79 bits per heavy atom. The van der Waals surface area contributed by atoms with E-state index in [9.17, 15) is 0 Å². The Morgan fingerprint density at radius 1 is 1.16 bits per heavy atom. The maximum absolute atomic E-state index is 6.07. The van der Waals surface area contributed by atoms with Crippen LogP contribution >= 0.6 is 11.6 Å². The Kier molecular flexibility index (Phi) is 3.03. The van der Waals surface area contributed by atoms with Gasteiger partial charge in [0.1, 0.15) is 5.82 Å². The van der Waals surface area contributed by atoms with E-state index in [1.807, 2.05) is 18.2 Å². The van der Waals surface area contributed by atoms with Crippen LogP contribution < -0.4 is 0 Å². The lowest BCUT2D eigenvalue weighted by molar-refractivity contribution is 1.14. The number of aromatic amines is 1. The topological polar surface area (TPSA) is 28.7 Å². The van der Waals surface area contributed by atoms with Crippen molar-refractivity contribution in [2.75, 3.05) is 0 Å². The average molecular weight is 271 g/mol. The molecule has 0 aliphatic heterocycles. The van der Waals surface area contributed by atoms with Crippen molar-refractivity contribution in [1.29, 1.82) is 0 Å². The largest absolute Gasteiger partial charge is 0.338 e. The molecule has 0 radical (unpaired) electrons. The Bertz CT molecular complexity index is 744. The second kappa shape index (κ2) is 4.71. The van der Waals surface area contributed by atoms with E-state index in [1.165, 1.54) is 11.1 Å². The lowest BCUT2D eigenvalue weighted by Gasteiger charge is -2.02. The lowest BCUT2D eigenvalue weighted by Crippen LogP contribution is -1.85. The zero-order valence-corrected chi connectivity index (χ0v) is 11.8. The van der Waals surface area contributed by atoms with Gasteiger partial charge in [0.2, 0.25) is 0 Å². The number of halogens is 1. The maximum Gasteiger partial charge on any atom is 0.138 e. The molecule has 3 heteroatoms. The van der Waals surface area contributed by atoms with Crippen molar-refractivity contribution in [2.24, 2.45) is 0 Å². The second-order valence-electron chi connectivity index (χ2n) is 4.75. The molecule has 0 unspecified atom stereocenters. The van der Waals surface area contributed by atoms with Crippen molar-refractivity contribution < 1.29 is 0 Å². The van der Waals surface area contributed by atoms with Crippen molar-refractivity contribution in [3.63, 3.8) is 0 Å². The van der Waals surface area contributed by atoms with E-state index >= 15 is 0 Å². The van der Waals surface area contributed by atoms with Gasteiger partial charge in [0.05, 0.1) is 11.0 Å². The van der Waals surface area contributed by atoms with Crippen molar-refractivity contribution in [3.8, 4) is 11.4 Å². The molecule has 0 fully saturated rings. The van der Waals surface area contributed by atoms with E-state index in [4.69, 9.17) is 11.6 Å². The molecule has 3 rings (SSSR count). The van der Waals surface area contributed by atoms with Crippen molar-refractivity contribution in [3.05, 3.63) is 52.5 Å². The molecule has 0 spiro atoms. The van der Waals surface area contributed by atoms with E-state index in [0.29, 0.717) is 0 Å². The number of rotatable bonds is 2. The van der Waals surface area contributed by atoms with E-state index in [-0.39, 0.29) is 0 Å². The molecule has 0 saturated carbocycles. The minimum Gasteiger partial charge on any atom is -0.338 e. The summed E-state index contributed by atoms with van der Waals surface area (Å²) in [4.78, 5) is 8.03. The maximum atomic E-state index is 6.07. The van der Waals surface area contributed by atoms with Crippen LogP contribution in [0.5, 0.6) is 0 Å². The highest BCUT2D eigenvalue weighted by atomic mass is 35.5. The predicted octanol–water partition coefficient (Wildman–Crippen LogP) is 4.75. The predicted molar refractivity (Wildman–Crippen MR) is 80.7 cm³/mol. The standard InChI is InChI=1S/C16H15ClN2/c1-3-11-5-7-14-15(8-11)19-16(18-14)13-9-12(17)6-4-10(13)2/h4-9H,3H2,1-2H3,(H,18,19). The molecule has 0 bridgehead atoms. The summed E-state index contributed by atoms with van der Waals surface area (Å²) >= 11 is 6.07. The Labute approximate surface area is 117 Å². The fourth-order valence-corrected chi connectivity index (χ4v) is 2.43. The van der Waals surface area contributed by atoms with Crippen LogP contribution in [0.25, 0.3) is 22.4 Å². The van der Waals surface area contributed by atoms with Crippen LogP contribution in [0.15, 0.2) is 36.4 Å². The van der Waals surface area contributed by atoms with Crippen LogP contribution in [0.4, 0.5) is 0 Å². The molecule has 0 amide bonds. The summed E-state index contributed by atoms with van der Waals surface area (Å²) in [5.74, 6) is 0.878. The quantitative estimate of drug-likeness (QED) is 0.715. The molecule has 1 heterocycles. The molecule has 0 aliphatic carbocycles. The van der Waals surface area contributed by atoms with Crippen molar-refractivity contribution in [1.82, 2.24) is 9.97 Å². The Hall–Kier alpha value is -1.80. The number of nitrogens with one attached hydrogen (secondary N) is 1. The highest BCUT2D eigenvalue weighted by Crippen LogP contribution is 2.26. The van der Waals surface area contributed by atoms with Gasteiger partial charge in [0.25, 0.3) is 0 Å².